The second kappa shape index (κ2) is 6.93. The van der Waals surface area contributed by atoms with E-state index in [1.165, 1.54) is 16.9 Å². The number of nitrogens with zero attached hydrogens (tertiary/aromatic N) is 2. The number of hydrogen-bond acceptors (Lipinski definition) is 5. The third-order valence-electron chi connectivity index (χ3n) is 3.27. The van der Waals surface area contributed by atoms with Crippen LogP contribution >= 0.6 is 24.0 Å². The quantitative estimate of drug-likeness (QED) is 0.363. The molecule has 1 fully saturated rings. The van der Waals surface area contributed by atoms with E-state index in [0.717, 1.165) is 10.5 Å². The molecule has 0 atom stereocenters. The van der Waals surface area contributed by atoms with Crippen LogP contribution in [0.2, 0.25) is 0 Å². The molecular formula is C15H16N2O3S2. The maximum atomic E-state index is 12.3. The lowest BCUT2D eigenvalue weighted by molar-refractivity contribution is -0.140. The van der Waals surface area contributed by atoms with Crippen LogP contribution in [0.3, 0.4) is 0 Å². The van der Waals surface area contributed by atoms with E-state index in [4.69, 9.17) is 12.2 Å². The summed E-state index contributed by atoms with van der Waals surface area (Å²) in [5.41, 5.74) is 1.24. The average molecular weight is 336 g/mol. The summed E-state index contributed by atoms with van der Waals surface area (Å²) in [5.74, 6) is -0.683. The first-order valence-corrected chi connectivity index (χ1v) is 8.13. The molecule has 0 aliphatic carbocycles. The second-order valence-electron chi connectivity index (χ2n) is 4.61. The summed E-state index contributed by atoms with van der Waals surface area (Å²) in [7, 11) is 2.89. The Morgan fingerprint density at radius 1 is 1.36 bits per heavy atom. The first kappa shape index (κ1) is 16.5. The molecule has 0 bridgehead atoms. The molecule has 1 aromatic carbocycles. The molecule has 1 aliphatic rings. The van der Waals surface area contributed by atoms with Crippen molar-refractivity contribution in [3.63, 3.8) is 0 Å². The lowest BCUT2D eigenvalue weighted by Gasteiger charge is -2.16. The van der Waals surface area contributed by atoms with Crippen molar-refractivity contribution in [3.8, 4) is 0 Å². The SMILES string of the molecule is COC(=O)CN1C(=S)N(C)C(=O)/C1=C\c1ccc(SC)cc1. The van der Waals surface area contributed by atoms with E-state index in [1.807, 2.05) is 30.5 Å². The molecule has 1 saturated heterocycles. The van der Waals surface area contributed by atoms with Crippen LogP contribution in [-0.2, 0) is 14.3 Å². The first-order chi connectivity index (χ1) is 10.5. The number of benzene rings is 1. The Balaban J connectivity index is 2.34. The van der Waals surface area contributed by atoms with Gasteiger partial charge in [0.15, 0.2) is 5.11 Å². The van der Waals surface area contributed by atoms with Crippen LogP contribution in [0.25, 0.3) is 6.08 Å². The first-order valence-electron chi connectivity index (χ1n) is 6.50. The largest absolute Gasteiger partial charge is 0.468 e. The van der Waals surface area contributed by atoms with Crippen LogP contribution in [0.4, 0.5) is 0 Å². The van der Waals surface area contributed by atoms with Gasteiger partial charge in [-0.1, -0.05) is 12.1 Å². The predicted molar refractivity (Wildman–Crippen MR) is 90.3 cm³/mol. The molecule has 0 N–H and O–H groups in total. The molecule has 1 heterocycles. The van der Waals surface area contributed by atoms with Crippen molar-refractivity contribution in [2.24, 2.45) is 0 Å². The Morgan fingerprint density at radius 3 is 2.55 bits per heavy atom. The van der Waals surface area contributed by atoms with Crippen LogP contribution in [-0.4, -0.2) is 53.7 Å². The van der Waals surface area contributed by atoms with Crippen molar-refractivity contribution in [1.82, 2.24) is 9.80 Å². The fourth-order valence-electron chi connectivity index (χ4n) is 2.00. The molecule has 0 unspecified atom stereocenters. The molecule has 116 valence electrons. The highest BCUT2D eigenvalue weighted by Gasteiger charge is 2.36. The number of esters is 1. The standard InChI is InChI=1S/C15H16N2O3S2/c1-16-14(19)12(17(15(16)21)9-13(18)20-2)8-10-4-6-11(22-3)7-5-10/h4-8H,9H2,1-3H3/b12-8+. The summed E-state index contributed by atoms with van der Waals surface area (Å²) < 4.78 is 4.66. The van der Waals surface area contributed by atoms with Crippen LogP contribution in [0.1, 0.15) is 5.56 Å². The number of carbonyl (C=O) groups excluding carboxylic acids is 2. The molecule has 22 heavy (non-hydrogen) atoms. The van der Waals surface area contributed by atoms with E-state index >= 15 is 0 Å². The zero-order valence-corrected chi connectivity index (χ0v) is 14.2. The number of likely N-dealkylation sites (N-methyl/N-ethyl adjacent to an activating group) is 1. The monoisotopic (exact) mass is 336 g/mol. The van der Waals surface area contributed by atoms with Crippen LogP contribution in [0, 0.1) is 0 Å². The van der Waals surface area contributed by atoms with Gasteiger partial charge in [0.2, 0.25) is 0 Å². The Morgan fingerprint density at radius 2 is 2.00 bits per heavy atom. The summed E-state index contributed by atoms with van der Waals surface area (Å²) in [6.45, 7) is -0.0832. The maximum Gasteiger partial charge on any atom is 0.325 e. The van der Waals surface area contributed by atoms with E-state index in [1.54, 1.807) is 24.9 Å². The normalized spacial score (nSPS) is 16.6. The molecule has 7 heteroatoms. The van der Waals surface area contributed by atoms with Gasteiger partial charge in [-0.25, -0.2) is 0 Å². The van der Waals surface area contributed by atoms with Crippen LogP contribution in [0.5, 0.6) is 0 Å². The Labute approximate surface area is 138 Å². The Hall–Kier alpha value is -1.86. The van der Waals surface area contributed by atoms with Gasteiger partial charge in [0.05, 0.1) is 7.11 Å². The van der Waals surface area contributed by atoms with E-state index in [-0.39, 0.29) is 12.5 Å². The topological polar surface area (TPSA) is 49.9 Å². The highest BCUT2D eigenvalue weighted by Crippen LogP contribution is 2.23. The molecule has 1 aromatic rings. The van der Waals surface area contributed by atoms with E-state index in [0.29, 0.717) is 10.8 Å². The molecule has 2 rings (SSSR count). The van der Waals surface area contributed by atoms with Crippen molar-refractivity contribution in [1.29, 1.82) is 0 Å². The summed E-state index contributed by atoms with van der Waals surface area (Å²) in [6, 6.07) is 7.79. The van der Waals surface area contributed by atoms with Crippen molar-refractivity contribution in [2.75, 3.05) is 27.0 Å². The van der Waals surface area contributed by atoms with Gasteiger partial charge in [0.25, 0.3) is 5.91 Å². The van der Waals surface area contributed by atoms with Gasteiger partial charge in [0, 0.05) is 11.9 Å². The molecule has 1 amide bonds. The minimum Gasteiger partial charge on any atom is -0.468 e. The molecule has 5 nitrogen and oxygen atoms in total. The number of carbonyl (C=O) groups is 2. The average Bonchev–Trinajstić information content (AvgIpc) is 2.73. The molecular weight excluding hydrogens is 320 g/mol. The third-order valence-corrected chi connectivity index (χ3v) is 4.50. The van der Waals surface area contributed by atoms with Gasteiger partial charge < -0.3 is 9.64 Å². The number of ether oxygens (including phenoxy) is 1. The minimum absolute atomic E-state index is 0.0832. The summed E-state index contributed by atoms with van der Waals surface area (Å²) in [5, 5.41) is 0.294. The summed E-state index contributed by atoms with van der Waals surface area (Å²) >= 11 is 6.86. The third kappa shape index (κ3) is 3.31. The van der Waals surface area contributed by atoms with E-state index in [2.05, 4.69) is 4.74 Å². The Kier molecular flexibility index (Phi) is 5.20. The van der Waals surface area contributed by atoms with Crippen LogP contribution < -0.4 is 0 Å². The van der Waals surface area contributed by atoms with Crippen molar-refractivity contribution < 1.29 is 14.3 Å². The summed E-state index contributed by atoms with van der Waals surface area (Å²) in [4.78, 5) is 27.8. The molecule has 0 radical (unpaired) electrons. The fraction of sp³-hybridized carbons (Fsp3) is 0.267. The number of amides is 1. The molecule has 0 spiro atoms. The summed E-state index contributed by atoms with van der Waals surface area (Å²) in [6.07, 6.45) is 3.73. The highest BCUT2D eigenvalue weighted by atomic mass is 32.2. The molecule has 0 aromatic heterocycles. The van der Waals surface area contributed by atoms with Crippen molar-refractivity contribution in [3.05, 3.63) is 35.5 Å². The lowest BCUT2D eigenvalue weighted by atomic mass is 10.2. The minimum atomic E-state index is -0.450. The number of hydrogen-bond donors (Lipinski definition) is 0. The lowest BCUT2D eigenvalue weighted by Crippen LogP contribution is -2.33. The predicted octanol–water partition coefficient (Wildman–Crippen LogP) is 1.98. The second-order valence-corrected chi connectivity index (χ2v) is 5.86. The smallest absolute Gasteiger partial charge is 0.325 e. The van der Waals surface area contributed by atoms with Crippen molar-refractivity contribution >= 4 is 47.0 Å². The van der Waals surface area contributed by atoms with E-state index in [9.17, 15) is 9.59 Å². The van der Waals surface area contributed by atoms with Gasteiger partial charge in [0.1, 0.15) is 12.2 Å². The van der Waals surface area contributed by atoms with Crippen LogP contribution in [0.15, 0.2) is 34.9 Å². The van der Waals surface area contributed by atoms with Gasteiger partial charge in [-0.15, -0.1) is 11.8 Å². The van der Waals surface area contributed by atoms with Gasteiger partial charge in [-0.3, -0.25) is 14.5 Å². The zero-order chi connectivity index (χ0) is 16.3. The van der Waals surface area contributed by atoms with Gasteiger partial charge in [-0.05, 0) is 42.2 Å². The zero-order valence-electron chi connectivity index (χ0n) is 12.5. The fourth-order valence-corrected chi connectivity index (χ4v) is 2.66. The van der Waals surface area contributed by atoms with Gasteiger partial charge >= 0.3 is 5.97 Å². The number of methoxy groups -OCH3 is 1. The molecule has 0 saturated carbocycles. The molecule has 1 aliphatic heterocycles. The number of rotatable bonds is 4. The maximum absolute atomic E-state index is 12.3. The Bertz CT molecular complexity index is 641. The van der Waals surface area contributed by atoms with E-state index < -0.39 is 5.97 Å². The van der Waals surface area contributed by atoms with Gasteiger partial charge in [-0.2, -0.15) is 0 Å². The number of thioether (sulfide) groups is 1. The van der Waals surface area contributed by atoms with Crippen molar-refractivity contribution in [2.45, 2.75) is 4.90 Å². The number of thiocarbonyl (C=S) groups is 1. The highest BCUT2D eigenvalue weighted by molar-refractivity contribution is 7.98.